The minimum Gasteiger partial charge on any atom is -0.395 e. The predicted molar refractivity (Wildman–Crippen MR) is 77.6 cm³/mol. The van der Waals surface area contributed by atoms with Crippen LogP contribution in [0.2, 0.25) is 0 Å². The first-order chi connectivity index (χ1) is 10.1. The molecule has 0 unspecified atom stereocenters. The third kappa shape index (κ3) is 2.74. The van der Waals surface area contributed by atoms with Crippen molar-refractivity contribution in [3.05, 3.63) is 41.3 Å². The molecule has 0 aliphatic heterocycles. The molecule has 1 saturated carbocycles. The number of fused-ring (bicyclic) bond motifs is 1. The molecule has 1 heterocycles. The van der Waals surface area contributed by atoms with Gasteiger partial charge >= 0.3 is 0 Å². The summed E-state index contributed by atoms with van der Waals surface area (Å²) >= 11 is 0. The number of aliphatic hydroxyl groups excluding tert-OH is 1. The quantitative estimate of drug-likeness (QED) is 0.939. The van der Waals surface area contributed by atoms with Gasteiger partial charge in [-0.15, -0.1) is 0 Å². The molecule has 1 aromatic carbocycles. The Morgan fingerprint density at radius 3 is 2.86 bits per heavy atom. The summed E-state index contributed by atoms with van der Waals surface area (Å²) in [6, 6.07) is 6.34. The van der Waals surface area contributed by atoms with Crippen LogP contribution in [-0.2, 0) is 0 Å². The highest BCUT2D eigenvalue weighted by Gasteiger charge is 2.33. The Morgan fingerprint density at radius 1 is 1.43 bits per heavy atom. The molecule has 0 radical (unpaired) electrons. The standard InChI is InChI=1S/C16H17FN2O2/c1-10-14(16(21)19(6-7-20)13-4-5-13)8-11-2-3-12(17)9-15(11)18-10/h2-3,8-9,13,20H,4-7H2,1H3. The lowest BCUT2D eigenvalue weighted by atomic mass is 10.1. The zero-order chi connectivity index (χ0) is 15.0. The van der Waals surface area contributed by atoms with E-state index in [-0.39, 0.29) is 24.4 Å². The second kappa shape index (κ2) is 5.41. The van der Waals surface area contributed by atoms with E-state index >= 15 is 0 Å². The number of aliphatic hydroxyl groups is 1. The summed E-state index contributed by atoms with van der Waals surface area (Å²) in [4.78, 5) is 18.7. The lowest BCUT2D eigenvalue weighted by Gasteiger charge is -2.22. The van der Waals surface area contributed by atoms with E-state index in [2.05, 4.69) is 4.98 Å². The average molecular weight is 288 g/mol. The van der Waals surface area contributed by atoms with Gasteiger partial charge in [0.1, 0.15) is 5.82 Å². The number of aromatic nitrogens is 1. The third-order valence-corrected chi connectivity index (χ3v) is 3.79. The first-order valence-electron chi connectivity index (χ1n) is 7.09. The zero-order valence-electron chi connectivity index (χ0n) is 11.8. The second-order valence-electron chi connectivity index (χ2n) is 5.41. The van der Waals surface area contributed by atoms with Crippen molar-refractivity contribution in [2.45, 2.75) is 25.8 Å². The monoisotopic (exact) mass is 288 g/mol. The number of nitrogens with zero attached hydrogens (tertiary/aromatic N) is 2. The van der Waals surface area contributed by atoms with Crippen molar-refractivity contribution in [3.63, 3.8) is 0 Å². The fraction of sp³-hybridized carbons (Fsp3) is 0.375. The Morgan fingerprint density at radius 2 is 2.19 bits per heavy atom. The van der Waals surface area contributed by atoms with Crippen LogP contribution in [0.1, 0.15) is 28.9 Å². The van der Waals surface area contributed by atoms with Gasteiger partial charge in [-0.1, -0.05) is 0 Å². The molecule has 5 heteroatoms. The third-order valence-electron chi connectivity index (χ3n) is 3.79. The molecule has 0 spiro atoms. The van der Waals surface area contributed by atoms with Crippen LogP contribution >= 0.6 is 0 Å². The molecule has 1 aliphatic rings. The summed E-state index contributed by atoms with van der Waals surface area (Å²) in [6.07, 6.45) is 1.97. The second-order valence-corrected chi connectivity index (χ2v) is 5.41. The number of carbonyl (C=O) groups excluding carboxylic acids is 1. The number of amides is 1. The maximum Gasteiger partial charge on any atom is 0.256 e. The van der Waals surface area contributed by atoms with Crippen molar-refractivity contribution in [1.29, 1.82) is 0 Å². The van der Waals surface area contributed by atoms with E-state index in [0.29, 0.717) is 23.3 Å². The van der Waals surface area contributed by atoms with Crippen LogP contribution in [0.5, 0.6) is 0 Å². The Kier molecular flexibility index (Phi) is 3.59. The molecule has 2 aromatic rings. The van der Waals surface area contributed by atoms with Crippen LogP contribution in [0, 0.1) is 12.7 Å². The van der Waals surface area contributed by atoms with Crippen molar-refractivity contribution in [2.24, 2.45) is 0 Å². The maximum absolute atomic E-state index is 13.2. The van der Waals surface area contributed by atoms with Crippen LogP contribution < -0.4 is 0 Å². The number of aryl methyl sites for hydroxylation is 1. The number of hydrogen-bond acceptors (Lipinski definition) is 3. The molecule has 1 fully saturated rings. The van der Waals surface area contributed by atoms with Gasteiger partial charge in [-0.25, -0.2) is 4.39 Å². The molecule has 0 saturated heterocycles. The van der Waals surface area contributed by atoms with Gasteiger partial charge in [-0.3, -0.25) is 9.78 Å². The predicted octanol–water partition coefficient (Wildman–Crippen LogP) is 2.28. The molecule has 0 atom stereocenters. The van der Waals surface area contributed by atoms with Crippen molar-refractivity contribution in [2.75, 3.05) is 13.2 Å². The van der Waals surface area contributed by atoms with Crippen LogP contribution in [0.4, 0.5) is 4.39 Å². The Bertz CT molecular complexity index is 698. The van der Waals surface area contributed by atoms with Gasteiger partial charge < -0.3 is 10.0 Å². The number of hydrogen-bond donors (Lipinski definition) is 1. The Hall–Kier alpha value is -2.01. The minimum absolute atomic E-state index is 0.0481. The highest BCUT2D eigenvalue weighted by Crippen LogP contribution is 2.29. The topological polar surface area (TPSA) is 53.4 Å². The van der Waals surface area contributed by atoms with Crippen LogP contribution in [0.15, 0.2) is 24.3 Å². The summed E-state index contributed by atoms with van der Waals surface area (Å²) in [6.45, 7) is 2.04. The van der Waals surface area contributed by atoms with Crippen LogP contribution in [0.25, 0.3) is 10.9 Å². The molecule has 1 N–H and O–H groups in total. The molecule has 110 valence electrons. The smallest absolute Gasteiger partial charge is 0.256 e. The molecule has 3 rings (SSSR count). The van der Waals surface area contributed by atoms with Crippen molar-refractivity contribution in [3.8, 4) is 0 Å². The van der Waals surface area contributed by atoms with Crippen LogP contribution in [-0.4, -0.2) is 40.1 Å². The fourth-order valence-corrected chi connectivity index (χ4v) is 2.55. The largest absolute Gasteiger partial charge is 0.395 e. The van der Waals surface area contributed by atoms with E-state index in [1.807, 2.05) is 0 Å². The zero-order valence-corrected chi connectivity index (χ0v) is 11.8. The lowest BCUT2D eigenvalue weighted by molar-refractivity contribution is 0.0706. The summed E-state index contributed by atoms with van der Waals surface area (Å²) in [5, 5.41) is 9.87. The maximum atomic E-state index is 13.2. The Balaban J connectivity index is 2.00. The van der Waals surface area contributed by atoms with E-state index in [9.17, 15) is 9.18 Å². The van der Waals surface area contributed by atoms with Gasteiger partial charge in [0.25, 0.3) is 5.91 Å². The van der Waals surface area contributed by atoms with Crippen molar-refractivity contribution in [1.82, 2.24) is 9.88 Å². The molecule has 1 amide bonds. The van der Waals surface area contributed by atoms with Gasteiger partial charge in [0, 0.05) is 24.0 Å². The molecular formula is C16H17FN2O2. The van der Waals surface area contributed by atoms with E-state index in [1.54, 1.807) is 24.0 Å². The summed E-state index contributed by atoms with van der Waals surface area (Å²) in [5.74, 6) is -0.448. The van der Waals surface area contributed by atoms with E-state index in [0.717, 1.165) is 18.2 Å². The first kappa shape index (κ1) is 13.9. The Labute approximate surface area is 122 Å². The van der Waals surface area contributed by atoms with Gasteiger partial charge in [0.15, 0.2) is 0 Å². The van der Waals surface area contributed by atoms with Gasteiger partial charge in [0.2, 0.25) is 0 Å². The van der Waals surface area contributed by atoms with E-state index < -0.39 is 0 Å². The van der Waals surface area contributed by atoms with Gasteiger partial charge in [0.05, 0.1) is 23.4 Å². The van der Waals surface area contributed by atoms with E-state index in [1.165, 1.54) is 12.1 Å². The van der Waals surface area contributed by atoms with Gasteiger partial charge in [-0.05, 0) is 38.0 Å². The van der Waals surface area contributed by atoms with E-state index in [4.69, 9.17) is 5.11 Å². The highest BCUT2D eigenvalue weighted by molar-refractivity contribution is 5.99. The first-order valence-corrected chi connectivity index (χ1v) is 7.09. The minimum atomic E-state index is -0.339. The summed E-state index contributed by atoms with van der Waals surface area (Å²) in [5.41, 5.74) is 1.65. The summed E-state index contributed by atoms with van der Waals surface area (Å²) in [7, 11) is 0. The number of halogens is 1. The normalized spacial score (nSPS) is 14.4. The van der Waals surface area contributed by atoms with Crippen molar-refractivity contribution < 1.29 is 14.3 Å². The molecule has 4 nitrogen and oxygen atoms in total. The molecule has 0 bridgehead atoms. The number of carbonyl (C=O) groups is 1. The fourth-order valence-electron chi connectivity index (χ4n) is 2.55. The van der Waals surface area contributed by atoms with Crippen molar-refractivity contribution >= 4 is 16.8 Å². The van der Waals surface area contributed by atoms with Crippen LogP contribution in [0.3, 0.4) is 0 Å². The molecule has 1 aliphatic carbocycles. The number of benzene rings is 1. The highest BCUT2D eigenvalue weighted by atomic mass is 19.1. The molecular weight excluding hydrogens is 271 g/mol. The van der Waals surface area contributed by atoms with Gasteiger partial charge in [-0.2, -0.15) is 0 Å². The summed E-state index contributed by atoms with van der Waals surface area (Å²) < 4.78 is 13.2. The molecule has 1 aromatic heterocycles. The molecule has 21 heavy (non-hydrogen) atoms. The number of pyridine rings is 1. The number of rotatable bonds is 4. The lowest BCUT2D eigenvalue weighted by Crippen LogP contribution is -2.36. The SMILES string of the molecule is Cc1nc2cc(F)ccc2cc1C(=O)N(CCO)C1CC1. The average Bonchev–Trinajstić information content (AvgIpc) is 3.27.